The fourth-order valence-electron chi connectivity index (χ4n) is 0.597. The van der Waals surface area contributed by atoms with Crippen LogP contribution in [0, 0.1) is 0 Å². The molecule has 0 amide bonds. The Kier molecular flexibility index (Phi) is 4.77. The van der Waals surface area contributed by atoms with E-state index >= 15 is 0 Å². The van der Waals surface area contributed by atoms with Gasteiger partial charge in [0.25, 0.3) is 0 Å². The van der Waals surface area contributed by atoms with E-state index in [2.05, 4.69) is 15.9 Å². The van der Waals surface area contributed by atoms with Gasteiger partial charge < -0.3 is 5.11 Å². The van der Waals surface area contributed by atoms with Gasteiger partial charge in [0.2, 0.25) is 0 Å². The van der Waals surface area contributed by atoms with Crippen LogP contribution in [-0.2, 0) is 9.59 Å². The number of carboxylic acids is 1. The lowest BCUT2D eigenvalue weighted by Gasteiger charge is -1.95. The molecule has 62 valence electrons. The van der Waals surface area contributed by atoms with Gasteiger partial charge in [0.1, 0.15) is 0 Å². The lowest BCUT2D eigenvalue weighted by atomic mass is 10.1. The van der Waals surface area contributed by atoms with Gasteiger partial charge in [0.15, 0.2) is 5.78 Å². The van der Waals surface area contributed by atoms with Crippen LogP contribution in [0.5, 0.6) is 0 Å². The molecular weight excluding hydrogens is 212 g/mol. The van der Waals surface area contributed by atoms with Crippen molar-refractivity contribution in [3.05, 3.63) is 11.6 Å². The number of carbonyl (C=O) groups is 2. The van der Waals surface area contributed by atoms with Crippen molar-refractivity contribution < 1.29 is 14.7 Å². The molecule has 0 spiro atoms. The molecule has 0 unspecified atom stereocenters. The maximum Gasteiger partial charge on any atom is 0.339 e. The Hall–Kier alpha value is -0.640. The number of hydrogen-bond acceptors (Lipinski definition) is 2. The van der Waals surface area contributed by atoms with E-state index in [9.17, 15) is 9.59 Å². The molecule has 0 bridgehead atoms. The highest BCUT2D eigenvalue weighted by molar-refractivity contribution is 9.09. The molecule has 0 aromatic carbocycles. The Morgan fingerprint density at radius 3 is 2.36 bits per heavy atom. The number of hydrogen-bond donors (Lipinski definition) is 1. The first-order valence-electron chi connectivity index (χ1n) is 3.16. The number of aliphatic carboxylic acids is 1. The maximum absolute atomic E-state index is 10.8. The highest BCUT2D eigenvalue weighted by atomic mass is 79.9. The maximum atomic E-state index is 10.8. The zero-order chi connectivity index (χ0) is 8.85. The predicted molar refractivity (Wildman–Crippen MR) is 44.8 cm³/mol. The molecule has 0 aliphatic heterocycles. The fourth-order valence-corrected chi connectivity index (χ4v) is 0.899. The monoisotopic (exact) mass is 220 g/mol. The topological polar surface area (TPSA) is 54.4 Å². The van der Waals surface area contributed by atoms with Crippen LogP contribution in [0.2, 0.25) is 0 Å². The summed E-state index contributed by atoms with van der Waals surface area (Å²) in [6.07, 6.45) is 1.96. The zero-order valence-corrected chi connectivity index (χ0v) is 7.72. The molecule has 0 aliphatic carbocycles. The van der Waals surface area contributed by atoms with E-state index in [4.69, 9.17) is 5.11 Å². The van der Waals surface area contributed by atoms with Crippen molar-refractivity contribution in [3.63, 3.8) is 0 Å². The number of ketones is 1. The van der Waals surface area contributed by atoms with Crippen LogP contribution in [-0.4, -0.2) is 22.2 Å². The SMILES string of the molecule is CC/C=C(\C(=O)O)C(=O)CBr. The fraction of sp³-hybridized carbons (Fsp3) is 0.429. The molecule has 11 heavy (non-hydrogen) atoms. The summed E-state index contributed by atoms with van der Waals surface area (Å²) in [5, 5.41) is 8.56. The molecule has 0 rings (SSSR count). The molecule has 0 saturated heterocycles. The van der Waals surface area contributed by atoms with Crippen LogP contribution in [0.25, 0.3) is 0 Å². The molecule has 0 saturated carbocycles. The lowest BCUT2D eigenvalue weighted by Crippen LogP contribution is -2.12. The molecule has 0 heterocycles. The third-order valence-corrected chi connectivity index (χ3v) is 1.57. The number of rotatable bonds is 4. The van der Waals surface area contributed by atoms with Crippen molar-refractivity contribution in [1.29, 1.82) is 0 Å². The number of alkyl halides is 1. The molecule has 0 radical (unpaired) electrons. The molecule has 0 fully saturated rings. The molecular formula is C7H9BrO3. The molecule has 0 aromatic rings. The Bertz CT molecular complexity index is 196. The molecule has 0 aliphatic rings. The second-order valence-electron chi connectivity index (χ2n) is 1.89. The van der Waals surface area contributed by atoms with Crippen molar-refractivity contribution in [1.82, 2.24) is 0 Å². The van der Waals surface area contributed by atoms with Crippen LogP contribution in [0.15, 0.2) is 11.6 Å². The van der Waals surface area contributed by atoms with E-state index in [1.165, 1.54) is 6.08 Å². The number of halogens is 1. The van der Waals surface area contributed by atoms with E-state index in [0.29, 0.717) is 6.42 Å². The summed E-state index contributed by atoms with van der Waals surface area (Å²) in [4.78, 5) is 21.2. The van der Waals surface area contributed by atoms with Crippen LogP contribution in [0.3, 0.4) is 0 Å². The van der Waals surface area contributed by atoms with Crippen molar-refractivity contribution in [2.45, 2.75) is 13.3 Å². The smallest absolute Gasteiger partial charge is 0.339 e. The van der Waals surface area contributed by atoms with Gasteiger partial charge in [0.05, 0.1) is 10.9 Å². The van der Waals surface area contributed by atoms with Crippen molar-refractivity contribution in [2.24, 2.45) is 0 Å². The van der Waals surface area contributed by atoms with E-state index in [1.54, 1.807) is 6.92 Å². The summed E-state index contributed by atoms with van der Waals surface area (Å²) in [6.45, 7) is 1.78. The van der Waals surface area contributed by atoms with Crippen LogP contribution in [0.4, 0.5) is 0 Å². The normalized spacial score (nSPS) is 11.3. The Morgan fingerprint density at radius 2 is 2.09 bits per heavy atom. The zero-order valence-electron chi connectivity index (χ0n) is 6.13. The minimum absolute atomic E-state index is 0.0606. The first-order chi connectivity index (χ1) is 5.13. The van der Waals surface area contributed by atoms with E-state index < -0.39 is 5.97 Å². The predicted octanol–water partition coefficient (Wildman–Crippen LogP) is 1.37. The summed E-state index contributed by atoms with van der Waals surface area (Å²) in [6, 6.07) is 0. The third-order valence-electron chi connectivity index (χ3n) is 1.06. The van der Waals surface area contributed by atoms with Crippen molar-refractivity contribution in [3.8, 4) is 0 Å². The second-order valence-corrected chi connectivity index (χ2v) is 2.45. The minimum atomic E-state index is -1.16. The van der Waals surface area contributed by atoms with Crippen molar-refractivity contribution >= 4 is 27.7 Å². The van der Waals surface area contributed by atoms with Gasteiger partial charge in [-0.2, -0.15) is 0 Å². The van der Waals surface area contributed by atoms with E-state index in [1.807, 2.05) is 0 Å². The summed E-state index contributed by atoms with van der Waals surface area (Å²) in [5.74, 6) is -1.55. The average molecular weight is 221 g/mol. The van der Waals surface area contributed by atoms with Crippen LogP contribution < -0.4 is 0 Å². The van der Waals surface area contributed by atoms with E-state index in [0.717, 1.165) is 0 Å². The first kappa shape index (κ1) is 10.4. The molecule has 3 nitrogen and oxygen atoms in total. The molecule has 0 atom stereocenters. The summed E-state index contributed by atoms with van der Waals surface area (Å²) < 4.78 is 0. The third kappa shape index (κ3) is 3.32. The number of carbonyl (C=O) groups excluding carboxylic acids is 1. The Morgan fingerprint density at radius 1 is 1.55 bits per heavy atom. The quantitative estimate of drug-likeness (QED) is 0.337. The molecule has 1 N–H and O–H groups in total. The summed E-state index contributed by atoms with van der Waals surface area (Å²) in [5.41, 5.74) is -0.135. The van der Waals surface area contributed by atoms with Gasteiger partial charge >= 0.3 is 5.97 Å². The molecule has 4 heteroatoms. The molecule has 0 aromatic heterocycles. The number of Topliss-reactive ketones (excluding diaryl/α,β-unsaturated/α-hetero) is 1. The van der Waals surface area contributed by atoms with Gasteiger partial charge in [0, 0.05) is 0 Å². The van der Waals surface area contributed by atoms with Gasteiger partial charge in [-0.05, 0) is 6.42 Å². The van der Waals surface area contributed by atoms with Gasteiger partial charge in [-0.15, -0.1) is 0 Å². The standard InChI is InChI=1S/C7H9BrO3/c1-2-3-5(7(10)11)6(9)4-8/h3H,2,4H2,1H3,(H,10,11)/b5-3-. The van der Waals surface area contributed by atoms with Gasteiger partial charge in [-0.3, -0.25) is 4.79 Å². The van der Waals surface area contributed by atoms with Crippen LogP contribution in [0.1, 0.15) is 13.3 Å². The summed E-state index contributed by atoms with van der Waals surface area (Å²) in [7, 11) is 0. The van der Waals surface area contributed by atoms with E-state index in [-0.39, 0.29) is 16.7 Å². The largest absolute Gasteiger partial charge is 0.478 e. The average Bonchev–Trinajstić information content (AvgIpc) is 1.98. The lowest BCUT2D eigenvalue weighted by molar-refractivity contribution is -0.134. The number of allylic oxidation sites excluding steroid dienone is 1. The summed E-state index contributed by atoms with van der Waals surface area (Å²) >= 11 is 2.90. The van der Waals surface area contributed by atoms with Crippen LogP contribution >= 0.6 is 15.9 Å². The highest BCUT2D eigenvalue weighted by Crippen LogP contribution is 2.01. The first-order valence-corrected chi connectivity index (χ1v) is 4.28. The Labute approximate surface area is 73.2 Å². The number of carboxylic acid groups (broad SMARTS) is 1. The second kappa shape index (κ2) is 5.07. The Balaban J connectivity index is 4.48. The van der Waals surface area contributed by atoms with Gasteiger partial charge in [-0.25, -0.2) is 4.79 Å². The highest BCUT2D eigenvalue weighted by Gasteiger charge is 2.14. The van der Waals surface area contributed by atoms with Crippen molar-refractivity contribution in [2.75, 3.05) is 5.33 Å². The minimum Gasteiger partial charge on any atom is -0.478 e. The van der Waals surface area contributed by atoms with Gasteiger partial charge in [-0.1, -0.05) is 28.9 Å².